The van der Waals surface area contributed by atoms with Crippen molar-refractivity contribution in [2.24, 2.45) is 0 Å². The Morgan fingerprint density at radius 2 is 2.00 bits per heavy atom. The highest BCUT2D eigenvalue weighted by atomic mass is 35.5. The average molecular weight is 489 g/mol. The molecule has 0 bridgehead atoms. The van der Waals surface area contributed by atoms with Gasteiger partial charge in [0.25, 0.3) is 0 Å². The fourth-order valence-electron chi connectivity index (χ4n) is 2.71. The van der Waals surface area contributed by atoms with Gasteiger partial charge < -0.3 is 5.32 Å². The van der Waals surface area contributed by atoms with Gasteiger partial charge in [-0.2, -0.15) is 9.61 Å². The Morgan fingerprint density at radius 3 is 2.77 bits per heavy atom. The van der Waals surface area contributed by atoms with Gasteiger partial charge in [0.1, 0.15) is 5.01 Å². The standard InChI is InChI=1S/C20H14Cl2N6OS2/c1-11-25-26-20-28(11)27-18(31-20)14-4-2-3-5-16(14)23-19(30)24-17(29)9-7-12-6-8-13(21)10-15(12)22/h2-10H,1H3,(H2,23,24,29,30)/b9-7+. The molecule has 0 aliphatic carbocycles. The maximum Gasteiger partial charge on any atom is 0.250 e. The molecule has 31 heavy (non-hydrogen) atoms. The van der Waals surface area contributed by atoms with E-state index in [0.29, 0.717) is 32.1 Å². The van der Waals surface area contributed by atoms with Crippen LogP contribution in [0.1, 0.15) is 11.4 Å². The summed E-state index contributed by atoms with van der Waals surface area (Å²) in [5.41, 5.74) is 2.21. The number of hydrogen-bond acceptors (Lipinski definition) is 6. The van der Waals surface area contributed by atoms with Gasteiger partial charge in [-0.25, -0.2) is 0 Å². The summed E-state index contributed by atoms with van der Waals surface area (Å²) in [7, 11) is 0. The van der Waals surface area contributed by atoms with E-state index in [-0.39, 0.29) is 5.11 Å². The first kappa shape index (κ1) is 21.4. The number of halogens is 2. The molecule has 2 N–H and O–H groups in total. The number of aryl methyl sites for hydroxylation is 1. The Bertz CT molecular complexity index is 1330. The third-order valence-corrected chi connectivity index (χ3v) is 5.86. The topological polar surface area (TPSA) is 84.2 Å². The van der Waals surface area contributed by atoms with Crippen LogP contribution in [0.15, 0.2) is 48.5 Å². The summed E-state index contributed by atoms with van der Waals surface area (Å²) in [5, 5.41) is 20.2. The first-order valence-corrected chi connectivity index (χ1v) is 10.9. The largest absolute Gasteiger partial charge is 0.332 e. The van der Waals surface area contributed by atoms with Crippen molar-refractivity contribution in [3.05, 3.63) is 70.0 Å². The number of fused-ring (bicyclic) bond motifs is 1. The number of hydrogen-bond donors (Lipinski definition) is 2. The molecule has 0 radical (unpaired) electrons. The minimum Gasteiger partial charge on any atom is -0.332 e. The number of amides is 1. The lowest BCUT2D eigenvalue weighted by Crippen LogP contribution is -2.32. The Kier molecular flexibility index (Phi) is 6.28. The van der Waals surface area contributed by atoms with Gasteiger partial charge in [0, 0.05) is 21.7 Å². The number of carbonyl (C=O) groups is 1. The minimum absolute atomic E-state index is 0.156. The molecule has 0 saturated carbocycles. The molecule has 1 amide bonds. The van der Waals surface area contributed by atoms with Gasteiger partial charge >= 0.3 is 0 Å². The summed E-state index contributed by atoms with van der Waals surface area (Å²) < 4.78 is 1.68. The van der Waals surface area contributed by atoms with Crippen LogP contribution in [0.5, 0.6) is 0 Å². The number of para-hydroxylation sites is 1. The SMILES string of the molecule is Cc1nnc2sc(-c3ccccc3NC(=S)NC(=O)/C=C/c3ccc(Cl)cc3Cl)nn12. The van der Waals surface area contributed by atoms with Crippen LogP contribution < -0.4 is 10.6 Å². The highest BCUT2D eigenvalue weighted by Crippen LogP contribution is 2.31. The molecule has 0 atom stereocenters. The predicted octanol–water partition coefficient (Wildman–Crippen LogP) is 4.99. The number of rotatable bonds is 4. The van der Waals surface area contributed by atoms with Crippen molar-refractivity contribution in [2.75, 3.05) is 5.32 Å². The molecule has 0 spiro atoms. The summed E-state index contributed by atoms with van der Waals surface area (Å²) in [6.45, 7) is 1.84. The van der Waals surface area contributed by atoms with Crippen LogP contribution in [0.2, 0.25) is 10.0 Å². The van der Waals surface area contributed by atoms with Crippen LogP contribution in [-0.4, -0.2) is 30.8 Å². The number of thiocarbonyl (C=S) groups is 1. The number of anilines is 1. The van der Waals surface area contributed by atoms with Gasteiger partial charge in [-0.05, 0) is 55.0 Å². The smallest absolute Gasteiger partial charge is 0.250 e. The fourth-order valence-corrected chi connectivity index (χ4v) is 4.32. The van der Waals surface area contributed by atoms with E-state index >= 15 is 0 Å². The molecule has 0 saturated heterocycles. The second-order valence-corrected chi connectivity index (χ2v) is 8.54. The van der Waals surface area contributed by atoms with E-state index in [1.54, 1.807) is 28.8 Å². The van der Waals surface area contributed by atoms with Gasteiger partial charge in [-0.3, -0.25) is 10.1 Å². The molecule has 156 valence electrons. The molecule has 4 aromatic rings. The minimum atomic E-state index is -0.393. The van der Waals surface area contributed by atoms with Gasteiger partial charge in [-0.15, -0.1) is 10.2 Å². The maximum absolute atomic E-state index is 12.2. The Morgan fingerprint density at radius 1 is 1.19 bits per heavy atom. The summed E-state index contributed by atoms with van der Waals surface area (Å²) in [6.07, 6.45) is 2.94. The zero-order valence-electron chi connectivity index (χ0n) is 16.0. The second kappa shape index (κ2) is 9.11. The van der Waals surface area contributed by atoms with E-state index in [0.717, 1.165) is 10.6 Å². The van der Waals surface area contributed by atoms with Crippen molar-refractivity contribution in [1.29, 1.82) is 0 Å². The third kappa shape index (κ3) is 4.91. The van der Waals surface area contributed by atoms with E-state index in [1.165, 1.54) is 17.4 Å². The summed E-state index contributed by atoms with van der Waals surface area (Å²) in [4.78, 5) is 12.9. The van der Waals surface area contributed by atoms with Crippen molar-refractivity contribution < 1.29 is 4.79 Å². The lowest BCUT2D eigenvalue weighted by Gasteiger charge is -2.11. The lowest BCUT2D eigenvalue weighted by molar-refractivity contribution is -0.115. The predicted molar refractivity (Wildman–Crippen MR) is 129 cm³/mol. The fraction of sp³-hybridized carbons (Fsp3) is 0.0500. The quantitative estimate of drug-likeness (QED) is 0.310. The number of nitrogens with zero attached hydrogens (tertiary/aromatic N) is 4. The summed E-state index contributed by atoms with van der Waals surface area (Å²) in [5.74, 6) is 0.314. The van der Waals surface area contributed by atoms with E-state index in [1.807, 2.05) is 31.2 Å². The zero-order chi connectivity index (χ0) is 22.0. The monoisotopic (exact) mass is 488 g/mol. The average Bonchev–Trinajstić information content (AvgIpc) is 3.30. The highest BCUT2D eigenvalue weighted by molar-refractivity contribution is 7.80. The maximum atomic E-state index is 12.2. The molecule has 0 aliphatic rings. The lowest BCUT2D eigenvalue weighted by atomic mass is 10.2. The number of carbonyl (C=O) groups excluding carboxylic acids is 1. The van der Waals surface area contributed by atoms with E-state index in [9.17, 15) is 4.79 Å². The van der Waals surface area contributed by atoms with Crippen molar-refractivity contribution >= 4 is 74.5 Å². The molecule has 0 unspecified atom stereocenters. The highest BCUT2D eigenvalue weighted by Gasteiger charge is 2.14. The summed E-state index contributed by atoms with van der Waals surface area (Å²) >= 11 is 18.7. The number of benzene rings is 2. The molecule has 2 heterocycles. The first-order chi connectivity index (χ1) is 14.9. The van der Waals surface area contributed by atoms with Crippen molar-refractivity contribution in [1.82, 2.24) is 25.1 Å². The second-order valence-electron chi connectivity index (χ2n) is 6.34. The Balaban J connectivity index is 1.46. The van der Waals surface area contributed by atoms with Crippen LogP contribution in [0.4, 0.5) is 5.69 Å². The molecule has 0 fully saturated rings. The van der Waals surface area contributed by atoms with E-state index < -0.39 is 5.91 Å². The van der Waals surface area contributed by atoms with Crippen LogP contribution in [0.25, 0.3) is 21.6 Å². The van der Waals surface area contributed by atoms with Gasteiger partial charge in [-0.1, -0.05) is 52.7 Å². The molecule has 4 rings (SSSR count). The molecule has 0 aliphatic heterocycles. The molecule has 11 heteroatoms. The Hall–Kier alpha value is -2.85. The van der Waals surface area contributed by atoms with Crippen LogP contribution >= 0.6 is 46.8 Å². The van der Waals surface area contributed by atoms with Crippen LogP contribution in [0, 0.1) is 6.92 Å². The van der Waals surface area contributed by atoms with Crippen LogP contribution in [0.3, 0.4) is 0 Å². The van der Waals surface area contributed by atoms with Crippen LogP contribution in [-0.2, 0) is 4.79 Å². The van der Waals surface area contributed by atoms with Gasteiger partial charge in [0.05, 0.1) is 5.69 Å². The zero-order valence-corrected chi connectivity index (χ0v) is 19.1. The van der Waals surface area contributed by atoms with Crippen molar-refractivity contribution in [3.8, 4) is 10.6 Å². The summed E-state index contributed by atoms with van der Waals surface area (Å²) in [6, 6.07) is 12.6. The normalized spacial score (nSPS) is 11.2. The third-order valence-electron chi connectivity index (χ3n) is 4.17. The number of nitrogens with one attached hydrogen (secondary N) is 2. The molecular formula is C20H14Cl2N6OS2. The van der Waals surface area contributed by atoms with E-state index in [4.69, 9.17) is 35.4 Å². The molecule has 7 nitrogen and oxygen atoms in total. The van der Waals surface area contributed by atoms with Crippen molar-refractivity contribution in [2.45, 2.75) is 6.92 Å². The molecular weight excluding hydrogens is 475 g/mol. The van der Waals surface area contributed by atoms with Gasteiger partial charge in [0.15, 0.2) is 10.9 Å². The van der Waals surface area contributed by atoms with Crippen molar-refractivity contribution in [3.63, 3.8) is 0 Å². The number of aromatic nitrogens is 4. The molecule has 2 aromatic carbocycles. The Labute approximate surface area is 196 Å². The molecule has 2 aromatic heterocycles. The first-order valence-electron chi connectivity index (χ1n) is 8.94. The van der Waals surface area contributed by atoms with E-state index in [2.05, 4.69) is 25.9 Å². The van der Waals surface area contributed by atoms with Gasteiger partial charge in [0.2, 0.25) is 10.9 Å².